The molecule has 6 aromatic carbocycles. The van der Waals surface area contributed by atoms with Gasteiger partial charge in [-0.2, -0.15) is 0 Å². The van der Waals surface area contributed by atoms with E-state index in [1.54, 1.807) is 0 Å². The lowest BCUT2D eigenvalue weighted by Gasteiger charge is -2.11. The summed E-state index contributed by atoms with van der Waals surface area (Å²) in [7, 11) is 0. The topological polar surface area (TPSA) is 25.8 Å². The Kier molecular flexibility index (Phi) is 4.85. The van der Waals surface area contributed by atoms with Crippen LogP contribution in [0.15, 0.2) is 109 Å². The normalized spacial score (nSPS) is 11.8. The zero-order valence-corrected chi connectivity index (χ0v) is 22.5. The predicted molar refractivity (Wildman–Crippen MR) is 168 cm³/mol. The summed E-state index contributed by atoms with van der Waals surface area (Å²) >= 11 is 1.88. The number of thiophene rings is 1. The van der Waals surface area contributed by atoms with E-state index in [1.165, 1.54) is 53.2 Å². The van der Waals surface area contributed by atoms with E-state index >= 15 is 0 Å². The third-order valence-electron chi connectivity index (χ3n) is 7.77. The van der Waals surface area contributed by atoms with E-state index in [2.05, 4.69) is 117 Å². The fraction of sp³-hybridized carbons (Fsp3) is 0.0556. The summed E-state index contributed by atoms with van der Waals surface area (Å²) in [5.41, 5.74) is 8.91. The van der Waals surface area contributed by atoms with Gasteiger partial charge in [0.05, 0.1) is 22.9 Å². The number of hydrogen-bond acceptors (Lipinski definition) is 3. The molecule has 8 aromatic rings. The average molecular weight is 517 g/mol. The molecule has 8 rings (SSSR count). The number of rotatable bonds is 2. The van der Waals surface area contributed by atoms with Crippen LogP contribution in [0.5, 0.6) is 0 Å². The van der Waals surface area contributed by atoms with Crippen molar-refractivity contribution in [2.24, 2.45) is 0 Å². The predicted octanol–water partition coefficient (Wildman–Crippen LogP) is 10.3. The Morgan fingerprint density at radius 2 is 1.23 bits per heavy atom. The quantitative estimate of drug-likeness (QED) is 0.214. The molecule has 0 radical (unpaired) electrons. The molecule has 0 unspecified atom stereocenters. The lowest BCUT2D eigenvalue weighted by molar-refractivity contribution is 1.31. The fourth-order valence-corrected chi connectivity index (χ4v) is 7.16. The molecule has 0 aliphatic heterocycles. The molecule has 0 N–H and O–H groups in total. The zero-order valence-electron chi connectivity index (χ0n) is 21.7. The molecule has 0 bridgehead atoms. The van der Waals surface area contributed by atoms with Crippen LogP contribution >= 0.6 is 11.3 Å². The van der Waals surface area contributed by atoms with Crippen LogP contribution in [0.2, 0.25) is 0 Å². The molecule has 0 spiro atoms. The summed E-state index contributed by atoms with van der Waals surface area (Å²) in [6.45, 7) is 4.36. The van der Waals surface area contributed by atoms with Crippen LogP contribution in [0.1, 0.15) is 11.1 Å². The largest absolute Gasteiger partial charge is 0.252 e. The van der Waals surface area contributed by atoms with Crippen LogP contribution in [-0.2, 0) is 0 Å². The minimum Gasteiger partial charge on any atom is -0.252 e. The Balaban J connectivity index is 1.34. The molecule has 0 aliphatic rings. The van der Waals surface area contributed by atoms with Gasteiger partial charge in [-0.3, -0.25) is 4.98 Å². The summed E-state index contributed by atoms with van der Waals surface area (Å²) in [6, 6.07) is 37.2. The van der Waals surface area contributed by atoms with Crippen LogP contribution < -0.4 is 0 Å². The van der Waals surface area contributed by atoms with E-state index in [-0.39, 0.29) is 0 Å². The van der Waals surface area contributed by atoms with Gasteiger partial charge in [-0.1, -0.05) is 78.4 Å². The monoisotopic (exact) mass is 516 g/mol. The van der Waals surface area contributed by atoms with Gasteiger partial charge in [0.2, 0.25) is 0 Å². The lowest BCUT2D eigenvalue weighted by atomic mass is 9.97. The Bertz CT molecular complexity index is 2220. The molecule has 2 heterocycles. The number of aryl methyl sites for hydroxylation is 2. The van der Waals surface area contributed by atoms with E-state index in [1.807, 2.05) is 17.5 Å². The highest BCUT2D eigenvalue weighted by molar-refractivity contribution is 7.26. The number of fused-ring (bicyclic) bond motifs is 9. The molecular formula is C36H24N2S. The maximum absolute atomic E-state index is 5.22. The molecule has 0 aliphatic carbocycles. The first-order valence-electron chi connectivity index (χ1n) is 13.2. The Morgan fingerprint density at radius 3 is 2.03 bits per heavy atom. The van der Waals surface area contributed by atoms with Crippen molar-refractivity contribution in [3.63, 3.8) is 0 Å². The molecule has 39 heavy (non-hydrogen) atoms. The highest BCUT2D eigenvalue weighted by Crippen LogP contribution is 2.42. The van der Waals surface area contributed by atoms with Gasteiger partial charge in [0, 0.05) is 36.5 Å². The summed E-state index contributed by atoms with van der Waals surface area (Å²) in [5.74, 6) is 0. The van der Waals surface area contributed by atoms with E-state index < -0.39 is 0 Å². The van der Waals surface area contributed by atoms with Gasteiger partial charge < -0.3 is 0 Å². The van der Waals surface area contributed by atoms with E-state index in [4.69, 9.17) is 9.97 Å². The fourth-order valence-electron chi connectivity index (χ4n) is 5.96. The lowest BCUT2D eigenvalue weighted by Crippen LogP contribution is -1.92. The van der Waals surface area contributed by atoms with Crippen LogP contribution in [0.25, 0.3) is 75.1 Å². The van der Waals surface area contributed by atoms with E-state index in [0.29, 0.717) is 0 Å². The summed E-state index contributed by atoms with van der Waals surface area (Å²) in [6.07, 6.45) is 1.93. The van der Waals surface area contributed by atoms with Crippen molar-refractivity contribution in [2.45, 2.75) is 13.8 Å². The second kappa shape index (κ2) is 8.45. The molecule has 0 atom stereocenters. The zero-order chi connectivity index (χ0) is 26.1. The number of aromatic nitrogens is 2. The highest BCUT2D eigenvalue weighted by Gasteiger charge is 2.15. The number of hydrogen-bond donors (Lipinski definition) is 0. The molecule has 2 aromatic heterocycles. The van der Waals surface area contributed by atoms with Crippen molar-refractivity contribution in [1.29, 1.82) is 0 Å². The van der Waals surface area contributed by atoms with Crippen LogP contribution in [-0.4, -0.2) is 9.97 Å². The smallest absolute Gasteiger partial charge is 0.0979 e. The van der Waals surface area contributed by atoms with Crippen molar-refractivity contribution < 1.29 is 0 Å². The maximum atomic E-state index is 5.22. The van der Waals surface area contributed by atoms with E-state index in [9.17, 15) is 0 Å². The van der Waals surface area contributed by atoms with Crippen LogP contribution in [0, 0.1) is 13.8 Å². The summed E-state index contributed by atoms with van der Waals surface area (Å²) < 4.78 is 2.67. The number of nitrogens with zero attached hydrogens (tertiary/aromatic N) is 2. The van der Waals surface area contributed by atoms with Gasteiger partial charge in [0.25, 0.3) is 0 Å². The average Bonchev–Trinajstić information content (AvgIpc) is 3.34. The molecule has 0 fully saturated rings. The van der Waals surface area contributed by atoms with Crippen molar-refractivity contribution in [2.75, 3.05) is 0 Å². The Labute approximate surface area is 230 Å². The standard InChI is InChI=1S/C36H24N2S/c1-21-14-15-33-30(16-21)31-18-22(2)17-29(36(31)39-33)23-8-7-9-24(19-23)32-20-37-34-27-12-5-3-10-25(27)26-11-4-6-13-28(26)35(34)38-32/h3-20H,1-2H3. The van der Waals surface area contributed by atoms with Crippen molar-refractivity contribution >= 4 is 64.1 Å². The maximum Gasteiger partial charge on any atom is 0.0979 e. The Morgan fingerprint density at radius 1 is 0.538 bits per heavy atom. The second-order valence-corrected chi connectivity index (χ2v) is 11.5. The SMILES string of the molecule is Cc1ccc2sc3c(-c4cccc(-c5cnc6c7ccccc7c7ccccc7c6n5)c4)cc(C)cc3c2c1. The molecule has 0 amide bonds. The molecule has 184 valence electrons. The minimum absolute atomic E-state index is 0.889. The van der Waals surface area contributed by atoms with Gasteiger partial charge in [0.1, 0.15) is 0 Å². The van der Waals surface area contributed by atoms with Crippen LogP contribution in [0.4, 0.5) is 0 Å². The van der Waals surface area contributed by atoms with Gasteiger partial charge in [-0.15, -0.1) is 11.3 Å². The van der Waals surface area contributed by atoms with Gasteiger partial charge >= 0.3 is 0 Å². The molecule has 3 heteroatoms. The molecule has 0 saturated carbocycles. The van der Waals surface area contributed by atoms with Gasteiger partial charge in [-0.25, -0.2) is 4.98 Å². The van der Waals surface area contributed by atoms with Crippen molar-refractivity contribution in [1.82, 2.24) is 9.97 Å². The number of benzene rings is 6. The highest BCUT2D eigenvalue weighted by atomic mass is 32.1. The first-order chi connectivity index (χ1) is 19.1. The summed E-state index contributed by atoms with van der Waals surface area (Å²) in [4.78, 5) is 10.2. The summed E-state index contributed by atoms with van der Waals surface area (Å²) in [5, 5.41) is 7.38. The molecule has 2 nitrogen and oxygen atoms in total. The Hall–Kier alpha value is -4.60. The van der Waals surface area contributed by atoms with Crippen molar-refractivity contribution in [3.8, 4) is 22.4 Å². The van der Waals surface area contributed by atoms with Crippen molar-refractivity contribution in [3.05, 3.63) is 120 Å². The molecular weight excluding hydrogens is 492 g/mol. The first-order valence-corrected chi connectivity index (χ1v) is 14.1. The van der Waals surface area contributed by atoms with E-state index in [0.717, 1.165) is 33.1 Å². The molecule has 0 saturated heterocycles. The van der Waals surface area contributed by atoms with Gasteiger partial charge in [-0.05, 0) is 71.6 Å². The third-order valence-corrected chi connectivity index (χ3v) is 8.99. The van der Waals surface area contributed by atoms with Gasteiger partial charge in [0.15, 0.2) is 0 Å². The third kappa shape index (κ3) is 3.47. The minimum atomic E-state index is 0.889. The first kappa shape index (κ1) is 22.4. The second-order valence-electron chi connectivity index (χ2n) is 10.4. The van der Waals surface area contributed by atoms with Crippen LogP contribution in [0.3, 0.4) is 0 Å².